The van der Waals surface area contributed by atoms with Gasteiger partial charge in [-0.15, -0.1) is 11.6 Å². The molecule has 0 atom stereocenters. The molecule has 0 fully saturated rings. The standard InChI is InChI=1S/C13H21ClN2/c1-11-15-12-7-3-4-8-13(12)16(11)10-6-2-5-9-14/h2-10H2,1H3. The van der Waals surface area contributed by atoms with Crippen molar-refractivity contribution < 1.29 is 0 Å². The second kappa shape index (κ2) is 5.72. The predicted molar refractivity (Wildman–Crippen MR) is 68.2 cm³/mol. The van der Waals surface area contributed by atoms with E-state index in [4.69, 9.17) is 11.6 Å². The maximum atomic E-state index is 5.69. The summed E-state index contributed by atoms with van der Waals surface area (Å²) in [6.45, 7) is 3.27. The quantitative estimate of drug-likeness (QED) is 0.569. The first-order valence-electron chi connectivity index (χ1n) is 6.44. The van der Waals surface area contributed by atoms with Gasteiger partial charge < -0.3 is 4.57 Å². The molecule has 0 aromatic carbocycles. The molecule has 0 spiro atoms. The van der Waals surface area contributed by atoms with Crippen molar-refractivity contribution in [3.05, 3.63) is 17.2 Å². The van der Waals surface area contributed by atoms with Crippen LogP contribution in [0.15, 0.2) is 0 Å². The van der Waals surface area contributed by atoms with Crippen LogP contribution in [0.3, 0.4) is 0 Å². The Labute approximate surface area is 103 Å². The number of aryl methyl sites for hydroxylation is 2. The van der Waals surface area contributed by atoms with Gasteiger partial charge in [0, 0.05) is 18.1 Å². The van der Waals surface area contributed by atoms with Gasteiger partial charge in [0.25, 0.3) is 0 Å². The van der Waals surface area contributed by atoms with Gasteiger partial charge in [-0.05, 0) is 45.4 Å². The van der Waals surface area contributed by atoms with E-state index in [2.05, 4.69) is 16.5 Å². The fourth-order valence-electron chi connectivity index (χ4n) is 2.57. The van der Waals surface area contributed by atoms with Crippen molar-refractivity contribution >= 4 is 11.6 Å². The summed E-state index contributed by atoms with van der Waals surface area (Å²) in [5, 5.41) is 0. The minimum absolute atomic E-state index is 0.793. The van der Waals surface area contributed by atoms with Crippen LogP contribution in [-0.2, 0) is 19.4 Å². The summed E-state index contributed by atoms with van der Waals surface area (Å²) in [4.78, 5) is 4.69. The summed E-state index contributed by atoms with van der Waals surface area (Å²) in [6.07, 6.45) is 8.66. The van der Waals surface area contributed by atoms with Crippen molar-refractivity contribution in [2.24, 2.45) is 0 Å². The number of halogens is 1. The van der Waals surface area contributed by atoms with Gasteiger partial charge in [-0.2, -0.15) is 0 Å². The Kier molecular flexibility index (Phi) is 4.28. The first-order valence-corrected chi connectivity index (χ1v) is 6.97. The topological polar surface area (TPSA) is 17.8 Å². The third-order valence-electron chi connectivity index (χ3n) is 3.44. The number of nitrogens with zero attached hydrogens (tertiary/aromatic N) is 2. The van der Waals surface area contributed by atoms with E-state index in [0.29, 0.717) is 0 Å². The summed E-state index contributed by atoms with van der Waals surface area (Å²) >= 11 is 5.69. The third-order valence-corrected chi connectivity index (χ3v) is 3.71. The molecule has 1 aromatic heterocycles. The smallest absolute Gasteiger partial charge is 0.106 e. The molecule has 16 heavy (non-hydrogen) atoms. The Hall–Kier alpha value is -0.500. The SMILES string of the molecule is Cc1nc2c(n1CCCCCCl)CCCC2. The second-order valence-electron chi connectivity index (χ2n) is 4.66. The highest BCUT2D eigenvalue weighted by molar-refractivity contribution is 6.17. The molecule has 3 heteroatoms. The van der Waals surface area contributed by atoms with Gasteiger partial charge in [-0.1, -0.05) is 6.42 Å². The average Bonchev–Trinajstić information content (AvgIpc) is 2.61. The number of imidazole rings is 1. The first kappa shape index (κ1) is 12.0. The molecular formula is C13H21ClN2. The molecule has 0 bridgehead atoms. The van der Waals surface area contributed by atoms with Gasteiger partial charge in [0.05, 0.1) is 5.69 Å². The summed E-state index contributed by atoms with van der Waals surface area (Å²) in [5.41, 5.74) is 2.87. The van der Waals surface area contributed by atoms with Crippen LogP contribution in [0, 0.1) is 6.92 Å². The van der Waals surface area contributed by atoms with Crippen LogP contribution >= 0.6 is 11.6 Å². The highest BCUT2D eigenvalue weighted by Crippen LogP contribution is 2.22. The number of fused-ring (bicyclic) bond motifs is 1. The molecular weight excluding hydrogens is 220 g/mol. The van der Waals surface area contributed by atoms with Gasteiger partial charge in [0.1, 0.15) is 5.82 Å². The minimum Gasteiger partial charge on any atom is -0.332 e. The zero-order valence-corrected chi connectivity index (χ0v) is 10.9. The predicted octanol–water partition coefficient (Wildman–Crippen LogP) is 3.48. The molecule has 90 valence electrons. The maximum Gasteiger partial charge on any atom is 0.106 e. The highest BCUT2D eigenvalue weighted by atomic mass is 35.5. The van der Waals surface area contributed by atoms with E-state index in [1.54, 1.807) is 0 Å². The largest absolute Gasteiger partial charge is 0.332 e. The van der Waals surface area contributed by atoms with Crippen molar-refractivity contribution in [2.45, 2.75) is 58.4 Å². The van der Waals surface area contributed by atoms with E-state index in [1.807, 2.05) is 0 Å². The molecule has 1 aromatic rings. The molecule has 1 aliphatic rings. The average molecular weight is 241 g/mol. The van der Waals surface area contributed by atoms with E-state index in [0.717, 1.165) is 18.8 Å². The van der Waals surface area contributed by atoms with E-state index >= 15 is 0 Å². The molecule has 1 aliphatic carbocycles. The number of hydrogen-bond donors (Lipinski definition) is 0. The molecule has 0 saturated carbocycles. The second-order valence-corrected chi connectivity index (χ2v) is 5.04. The Morgan fingerprint density at radius 1 is 1.19 bits per heavy atom. The lowest BCUT2D eigenvalue weighted by Gasteiger charge is -2.14. The minimum atomic E-state index is 0.793. The number of hydrogen-bond acceptors (Lipinski definition) is 1. The zero-order chi connectivity index (χ0) is 11.4. The van der Waals surface area contributed by atoms with Crippen LogP contribution in [0.5, 0.6) is 0 Å². The van der Waals surface area contributed by atoms with Crippen LogP contribution in [0.1, 0.15) is 49.3 Å². The van der Waals surface area contributed by atoms with E-state index in [-0.39, 0.29) is 0 Å². The summed E-state index contributed by atoms with van der Waals surface area (Å²) in [6, 6.07) is 0. The summed E-state index contributed by atoms with van der Waals surface area (Å²) < 4.78 is 2.43. The van der Waals surface area contributed by atoms with Crippen LogP contribution < -0.4 is 0 Å². The van der Waals surface area contributed by atoms with E-state index in [9.17, 15) is 0 Å². The van der Waals surface area contributed by atoms with Crippen LogP contribution in [0.4, 0.5) is 0 Å². The molecule has 2 nitrogen and oxygen atoms in total. The number of rotatable bonds is 5. The lowest BCUT2D eigenvalue weighted by atomic mass is 10.0. The van der Waals surface area contributed by atoms with Crippen molar-refractivity contribution in [3.8, 4) is 0 Å². The molecule has 0 aliphatic heterocycles. The monoisotopic (exact) mass is 240 g/mol. The molecule has 0 unspecified atom stereocenters. The normalized spacial score (nSPS) is 15.1. The summed E-state index contributed by atoms with van der Waals surface area (Å²) in [7, 11) is 0. The molecule has 0 amide bonds. The van der Waals surface area contributed by atoms with Gasteiger partial charge in [0.15, 0.2) is 0 Å². The molecule has 0 radical (unpaired) electrons. The highest BCUT2D eigenvalue weighted by Gasteiger charge is 2.17. The Balaban J connectivity index is 1.99. The van der Waals surface area contributed by atoms with Crippen molar-refractivity contribution in [3.63, 3.8) is 0 Å². The molecule has 0 N–H and O–H groups in total. The maximum absolute atomic E-state index is 5.69. The lowest BCUT2D eigenvalue weighted by molar-refractivity contribution is 0.554. The number of unbranched alkanes of at least 4 members (excludes halogenated alkanes) is 2. The van der Waals surface area contributed by atoms with Crippen molar-refractivity contribution in [2.75, 3.05) is 5.88 Å². The summed E-state index contributed by atoms with van der Waals surface area (Å²) in [5.74, 6) is 2.00. The van der Waals surface area contributed by atoms with E-state index in [1.165, 1.54) is 55.7 Å². The molecule has 2 rings (SSSR count). The first-order chi connectivity index (χ1) is 7.83. The van der Waals surface area contributed by atoms with Crippen molar-refractivity contribution in [1.29, 1.82) is 0 Å². The van der Waals surface area contributed by atoms with Gasteiger partial charge in [0.2, 0.25) is 0 Å². The zero-order valence-electron chi connectivity index (χ0n) is 10.1. The van der Waals surface area contributed by atoms with Gasteiger partial charge >= 0.3 is 0 Å². The fraction of sp³-hybridized carbons (Fsp3) is 0.769. The Morgan fingerprint density at radius 3 is 2.81 bits per heavy atom. The van der Waals surface area contributed by atoms with Gasteiger partial charge in [-0.25, -0.2) is 4.98 Å². The molecule has 1 heterocycles. The number of aromatic nitrogens is 2. The van der Waals surface area contributed by atoms with Crippen molar-refractivity contribution in [1.82, 2.24) is 9.55 Å². The van der Waals surface area contributed by atoms with E-state index < -0.39 is 0 Å². The third kappa shape index (κ3) is 2.60. The molecule has 0 saturated heterocycles. The van der Waals surface area contributed by atoms with Crippen LogP contribution in [0.2, 0.25) is 0 Å². The van der Waals surface area contributed by atoms with Crippen LogP contribution in [-0.4, -0.2) is 15.4 Å². The fourth-order valence-corrected chi connectivity index (χ4v) is 2.76. The lowest BCUT2D eigenvalue weighted by Crippen LogP contribution is -2.09. The Bertz CT molecular complexity index is 344. The van der Waals surface area contributed by atoms with Crippen LogP contribution in [0.25, 0.3) is 0 Å². The van der Waals surface area contributed by atoms with Gasteiger partial charge in [-0.3, -0.25) is 0 Å². The number of alkyl halides is 1. The Morgan fingerprint density at radius 2 is 2.00 bits per heavy atom.